The first kappa shape index (κ1) is 19.8. The molecule has 0 bridgehead atoms. The lowest BCUT2D eigenvalue weighted by Gasteiger charge is -2.14. The number of nitrogens with zero attached hydrogens (tertiary/aromatic N) is 1. The van der Waals surface area contributed by atoms with Crippen molar-refractivity contribution in [1.29, 1.82) is 0 Å². The first-order valence-corrected chi connectivity index (χ1v) is 8.82. The molecule has 1 heterocycles. The molecular formula is C21H19F3N2O2. The van der Waals surface area contributed by atoms with E-state index in [0.717, 1.165) is 28.5 Å². The zero-order valence-corrected chi connectivity index (χ0v) is 15.4. The van der Waals surface area contributed by atoms with Crippen LogP contribution in [0.4, 0.5) is 13.2 Å². The second-order valence-corrected chi connectivity index (χ2v) is 6.84. The third-order valence-electron chi connectivity index (χ3n) is 4.76. The Labute approximate surface area is 159 Å². The van der Waals surface area contributed by atoms with E-state index in [1.165, 1.54) is 12.1 Å². The lowest BCUT2D eigenvalue weighted by atomic mass is 9.98. The number of halogens is 3. The Morgan fingerprint density at radius 1 is 1.14 bits per heavy atom. The van der Waals surface area contributed by atoms with E-state index in [-0.39, 0.29) is 18.0 Å². The molecule has 0 spiro atoms. The minimum Gasteiger partial charge on any atom is -0.352 e. The number of rotatable bonds is 4. The van der Waals surface area contributed by atoms with Crippen molar-refractivity contribution in [2.75, 3.05) is 6.54 Å². The molecule has 2 amide bonds. The fourth-order valence-electron chi connectivity index (χ4n) is 3.03. The standard InChI is InChI=1S/C21H19F3N2O2/c1-12-8-16-10-15(20(28)26-18(16)9-13(12)2)6-7-25-19(27)14-4-3-5-17(11-14)21(22,23)24/h3-5,8-11,15H,6-7H2,1-2H3,(H,25,27). The van der Waals surface area contributed by atoms with Crippen LogP contribution in [-0.4, -0.2) is 18.4 Å². The number of alkyl halides is 3. The number of benzene rings is 2. The molecule has 146 valence electrons. The average Bonchev–Trinajstić information content (AvgIpc) is 2.63. The van der Waals surface area contributed by atoms with Gasteiger partial charge < -0.3 is 5.32 Å². The van der Waals surface area contributed by atoms with E-state index in [4.69, 9.17) is 0 Å². The Hall–Kier alpha value is -2.96. The van der Waals surface area contributed by atoms with Crippen molar-refractivity contribution in [2.24, 2.45) is 10.9 Å². The van der Waals surface area contributed by atoms with E-state index in [1.807, 2.05) is 32.1 Å². The van der Waals surface area contributed by atoms with Gasteiger partial charge in [0.1, 0.15) is 0 Å². The van der Waals surface area contributed by atoms with Crippen LogP contribution in [-0.2, 0) is 11.0 Å². The number of nitrogens with one attached hydrogen (secondary N) is 1. The van der Waals surface area contributed by atoms with Crippen LogP contribution < -0.4 is 15.9 Å². The smallest absolute Gasteiger partial charge is 0.352 e. The summed E-state index contributed by atoms with van der Waals surface area (Å²) < 4.78 is 38.3. The zero-order chi connectivity index (χ0) is 20.5. The molecule has 0 aromatic heterocycles. The van der Waals surface area contributed by atoms with E-state index in [9.17, 15) is 22.8 Å². The summed E-state index contributed by atoms with van der Waals surface area (Å²) in [6.07, 6.45) is -2.36. The molecule has 2 aromatic rings. The summed E-state index contributed by atoms with van der Waals surface area (Å²) in [5, 5.41) is 4.08. The van der Waals surface area contributed by atoms with Crippen LogP contribution in [0.25, 0.3) is 6.08 Å². The summed E-state index contributed by atoms with van der Waals surface area (Å²) in [6, 6.07) is 8.06. The molecule has 0 aliphatic carbocycles. The van der Waals surface area contributed by atoms with Crippen LogP contribution in [0, 0.1) is 19.8 Å². The van der Waals surface area contributed by atoms with E-state index < -0.39 is 23.6 Å². The average molecular weight is 388 g/mol. The van der Waals surface area contributed by atoms with Gasteiger partial charge in [-0.15, -0.1) is 0 Å². The fourth-order valence-corrected chi connectivity index (χ4v) is 3.03. The van der Waals surface area contributed by atoms with Gasteiger partial charge in [-0.3, -0.25) is 9.59 Å². The van der Waals surface area contributed by atoms with Gasteiger partial charge in [-0.1, -0.05) is 12.1 Å². The van der Waals surface area contributed by atoms with Crippen molar-refractivity contribution >= 4 is 17.9 Å². The largest absolute Gasteiger partial charge is 0.416 e. The molecule has 7 heteroatoms. The number of aryl methyl sites for hydroxylation is 2. The number of carbonyl (C=O) groups excluding carboxylic acids is 2. The van der Waals surface area contributed by atoms with E-state index >= 15 is 0 Å². The Bertz CT molecular complexity index is 1060. The molecule has 4 nitrogen and oxygen atoms in total. The molecule has 2 aromatic carbocycles. The summed E-state index contributed by atoms with van der Waals surface area (Å²) in [5.41, 5.74) is 1.19. The number of carbonyl (C=O) groups is 2. The highest BCUT2D eigenvalue weighted by Gasteiger charge is 2.30. The van der Waals surface area contributed by atoms with Crippen molar-refractivity contribution in [3.05, 3.63) is 69.2 Å². The number of hydrogen-bond acceptors (Lipinski definition) is 2. The number of amides is 2. The lowest BCUT2D eigenvalue weighted by Crippen LogP contribution is -2.36. The van der Waals surface area contributed by atoms with Crippen molar-refractivity contribution < 1.29 is 22.8 Å². The maximum atomic E-state index is 12.8. The molecule has 1 unspecified atom stereocenters. The van der Waals surface area contributed by atoms with Crippen LogP contribution in [0.3, 0.4) is 0 Å². The molecule has 1 N–H and O–H groups in total. The fraction of sp³-hybridized carbons (Fsp3) is 0.286. The lowest BCUT2D eigenvalue weighted by molar-refractivity contribution is -0.137. The van der Waals surface area contributed by atoms with E-state index in [2.05, 4.69) is 10.3 Å². The Morgan fingerprint density at radius 2 is 1.86 bits per heavy atom. The van der Waals surface area contributed by atoms with Crippen LogP contribution in [0.1, 0.15) is 33.5 Å². The minimum atomic E-state index is -4.51. The molecule has 1 aliphatic rings. The van der Waals surface area contributed by atoms with Crippen molar-refractivity contribution in [3.8, 4) is 0 Å². The summed E-state index contributed by atoms with van der Waals surface area (Å²) >= 11 is 0. The third kappa shape index (κ3) is 4.30. The summed E-state index contributed by atoms with van der Waals surface area (Å²) in [7, 11) is 0. The predicted octanol–water partition coefficient (Wildman–Crippen LogP) is 2.70. The Morgan fingerprint density at radius 3 is 2.57 bits per heavy atom. The van der Waals surface area contributed by atoms with Crippen LogP contribution >= 0.6 is 0 Å². The molecule has 0 fully saturated rings. The highest BCUT2D eigenvalue weighted by Crippen LogP contribution is 2.29. The minimum absolute atomic E-state index is 0.0742. The van der Waals surface area contributed by atoms with Gasteiger partial charge in [0.05, 0.1) is 16.8 Å². The molecule has 0 saturated heterocycles. The van der Waals surface area contributed by atoms with Gasteiger partial charge >= 0.3 is 6.18 Å². The van der Waals surface area contributed by atoms with Gasteiger partial charge in [-0.25, -0.2) is 4.99 Å². The van der Waals surface area contributed by atoms with Crippen LogP contribution in [0.15, 0.2) is 41.4 Å². The quantitative estimate of drug-likeness (QED) is 0.876. The highest BCUT2D eigenvalue weighted by atomic mass is 19.4. The zero-order valence-electron chi connectivity index (χ0n) is 15.4. The van der Waals surface area contributed by atoms with E-state index in [1.54, 1.807) is 0 Å². The van der Waals surface area contributed by atoms with Gasteiger partial charge in [0, 0.05) is 12.1 Å². The van der Waals surface area contributed by atoms with Gasteiger partial charge in [-0.2, -0.15) is 13.2 Å². The van der Waals surface area contributed by atoms with Crippen LogP contribution in [0.2, 0.25) is 0 Å². The number of hydrogen-bond donors (Lipinski definition) is 1. The summed E-state index contributed by atoms with van der Waals surface area (Å²) in [6.45, 7) is 4.08. The molecule has 1 aliphatic heterocycles. The van der Waals surface area contributed by atoms with Gasteiger partial charge in [-0.05, 0) is 66.9 Å². The van der Waals surface area contributed by atoms with E-state index in [0.29, 0.717) is 11.8 Å². The summed E-state index contributed by atoms with van der Waals surface area (Å²) in [5.74, 6) is -1.38. The SMILES string of the molecule is Cc1cc2c(cc1C)=NC(=O)C(CCNC(=O)c1cccc(C(F)(F)F)c1)C=2. The predicted molar refractivity (Wildman–Crippen MR) is 98.1 cm³/mol. The van der Waals surface area contributed by atoms with Gasteiger partial charge in [0.2, 0.25) is 0 Å². The summed E-state index contributed by atoms with van der Waals surface area (Å²) in [4.78, 5) is 28.5. The van der Waals surface area contributed by atoms with Crippen molar-refractivity contribution in [1.82, 2.24) is 5.32 Å². The number of fused-ring (bicyclic) bond motifs is 1. The highest BCUT2D eigenvalue weighted by molar-refractivity contribution is 5.94. The maximum Gasteiger partial charge on any atom is 0.416 e. The maximum absolute atomic E-state index is 12.8. The normalized spacial score (nSPS) is 16.0. The van der Waals surface area contributed by atoms with Crippen molar-refractivity contribution in [2.45, 2.75) is 26.4 Å². The molecule has 0 radical (unpaired) electrons. The molecular weight excluding hydrogens is 369 g/mol. The van der Waals surface area contributed by atoms with Gasteiger partial charge in [0.25, 0.3) is 11.8 Å². The Balaban J connectivity index is 1.66. The third-order valence-corrected chi connectivity index (χ3v) is 4.76. The first-order valence-electron chi connectivity index (χ1n) is 8.82. The topological polar surface area (TPSA) is 58.5 Å². The Kier molecular flexibility index (Phi) is 5.36. The molecule has 0 saturated carbocycles. The second kappa shape index (κ2) is 7.58. The first-order chi connectivity index (χ1) is 13.1. The van der Waals surface area contributed by atoms with Crippen molar-refractivity contribution in [3.63, 3.8) is 0 Å². The van der Waals surface area contributed by atoms with Crippen LogP contribution in [0.5, 0.6) is 0 Å². The molecule has 28 heavy (non-hydrogen) atoms. The van der Waals surface area contributed by atoms with Gasteiger partial charge in [0.15, 0.2) is 0 Å². The monoisotopic (exact) mass is 388 g/mol. The molecule has 3 rings (SSSR count). The molecule has 1 atom stereocenters. The second-order valence-electron chi connectivity index (χ2n) is 6.84.